The zero-order valence-corrected chi connectivity index (χ0v) is 19.4. The first kappa shape index (κ1) is 21.8. The van der Waals surface area contributed by atoms with Gasteiger partial charge in [-0.25, -0.2) is 14.6 Å². The van der Waals surface area contributed by atoms with Crippen LogP contribution in [0.3, 0.4) is 0 Å². The first-order valence-electron chi connectivity index (χ1n) is 11.5. The summed E-state index contributed by atoms with van der Waals surface area (Å²) in [7, 11) is 0. The third kappa shape index (κ3) is 4.05. The van der Waals surface area contributed by atoms with Gasteiger partial charge in [-0.1, -0.05) is 18.2 Å². The lowest BCUT2D eigenvalue weighted by molar-refractivity contribution is -0.131. The Morgan fingerprint density at radius 2 is 1.74 bits per heavy atom. The predicted molar refractivity (Wildman–Crippen MR) is 130 cm³/mol. The van der Waals surface area contributed by atoms with Gasteiger partial charge in [0.25, 0.3) is 5.56 Å². The van der Waals surface area contributed by atoms with E-state index in [-0.39, 0.29) is 17.9 Å². The third-order valence-electron chi connectivity index (χ3n) is 6.37. The molecule has 0 aliphatic carbocycles. The molecule has 0 radical (unpaired) electrons. The summed E-state index contributed by atoms with van der Waals surface area (Å²) in [6.07, 6.45) is 3.56. The summed E-state index contributed by atoms with van der Waals surface area (Å²) < 4.78 is 3.40. The van der Waals surface area contributed by atoms with Crippen LogP contribution in [-0.2, 0) is 11.3 Å². The van der Waals surface area contributed by atoms with Gasteiger partial charge in [0.2, 0.25) is 5.91 Å². The van der Waals surface area contributed by atoms with Crippen molar-refractivity contribution in [3.63, 3.8) is 0 Å². The molecule has 1 fully saturated rings. The fraction of sp³-hybridized carbons (Fsp3) is 0.320. The molecule has 1 amide bonds. The topological polar surface area (TPSA) is 89.2 Å². The van der Waals surface area contributed by atoms with Crippen LogP contribution in [0, 0.1) is 13.8 Å². The van der Waals surface area contributed by atoms with Crippen LogP contribution >= 0.6 is 0 Å². The summed E-state index contributed by atoms with van der Waals surface area (Å²) >= 11 is 0. The summed E-state index contributed by atoms with van der Waals surface area (Å²) in [5, 5.41) is 5.27. The van der Waals surface area contributed by atoms with Crippen LogP contribution < -0.4 is 10.5 Å². The molecular weight excluding hydrogens is 430 g/mol. The Labute approximate surface area is 197 Å². The van der Waals surface area contributed by atoms with Gasteiger partial charge < -0.3 is 9.80 Å². The number of aryl methyl sites for hydroxylation is 2. The van der Waals surface area contributed by atoms with Crippen molar-refractivity contribution in [1.82, 2.24) is 29.2 Å². The van der Waals surface area contributed by atoms with Gasteiger partial charge in [0, 0.05) is 45.3 Å². The first-order chi connectivity index (χ1) is 16.5. The number of carbonyl (C=O) groups excluding carboxylic acids is 1. The number of rotatable bonds is 5. The monoisotopic (exact) mass is 457 g/mol. The van der Waals surface area contributed by atoms with E-state index in [2.05, 4.69) is 21.8 Å². The predicted octanol–water partition coefficient (Wildman–Crippen LogP) is 2.33. The minimum atomic E-state index is -0.112. The SMILES string of the molecule is Cc1nn(-c2ccccn2)c(C)c1N1CCN(C(=O)CCn2cnc3ccccc3c2=O)CC1. The summed E-state index contributed by atoms with van der Waals surface area (Å²) in [4.78, 5) is 38.4. The molecule has 4 aromatic rings. The molecular formula is C25H27N7O2. The number of benzene rings is 1. The van der Waals surface area contributed by atoms with Gasteiger partial charge in [0.15, 0.2) is 5.82 Å². The number of carbonyl (C=O) groups is 1. The molecule has 0 saturated carbocycles. The van der Waals surface area contributed by atoms with Crippen LogP contribution in [0.15, 0.2) is 59.8 Å². The lowest BCUT2D eigenvalue weighted by Crippen LogP contribution is -2.49. The van der Waals surface area contributed by atoms with Gasteiger partial charge in [0.1, 0.15) is 0 Å². The Bertz CT molecular complexity index is 1390. The van der Waals surface area contributed by atoms with E-state index in [4.69, 9.17) is 5.10 Å². The van der Waals surface area contributed by atoms with Gasteiger partial charge in [-0.3, -0.25) is 14.2 Å². The van der Waals surface area contributed by atoms with E-state index < -0.39 is 0 Å². The number of fused-ring (bicyclic) bond motifs is 1. The fourth-order valence-corrected chi connectivity index (χ4v) is 4.61. The molecule has 174 valence electrons. The minimum Gasteiger partial charge on any atom is -0.365 e. The molecule has 34 heavy (non-hydrogen) atoms. The molecule has 1 saturated heterocycles. The number of para-hydroxylation sites is 1. The van der Waals surface area contributed by atoms with Crippen molar-refractivity contribution >= 4 is 22.5 Å². The van der Waals surface area contributed by atoms with Crippen LogP contribution in [0.1, 0.15) is 17.8 Å². The molecule has 0 N–H and O–H groups in total. The number of amides is 1. The Balaban J connectivity index is 1.22. The zero-order chi connectivity index (χ0) is 23.7. The molecule has 1 aliphatic rings. The Kier molecular flexibility index (Phi) is 5.83. The maximum Gasteiger partial charge on any atom is 0.261 e. The van der Waals surface area contributed by atoms with Crippen molar-refractivity contribution in [3.8, 4) is 5.82 Å². The highest BCUT2D eigenvalue weighted by atomic mass is 16.2. The Hall–Kier alpha value is -4.01. The van der Waals surface area contributed by atoms with Gasteiger partial charge in [-0.15, -0.1) is 0 Å². The normalized spacial score (nSPS) is 14.1. The Morgan fingerprint density at radius 3 is 2.50 bits per heavy atom. The average Bonchev–Trinajstić information content (AvgIpc) is 3.18. The third-order valence-corrected chi connectivity index (χ3v) is 6.37. The molecule has 0 atom stereocenters. The summed E-state index contributed by atoms with van der Waals surface area (Å²) in [5.74, 6) is 0.846. The molecule has 1 aromatic carbocycles. The van der Waals surface area contributed by atoms with Crippen molar-refractivity contribution in [3.05, 3.63) is 76.7 Å². The average molecular weight is 458 g/mol. The van der Waals surface area contributed by atoms with E-state index in [1.54, 1.807) is 12.3 Å². The highest BCUT2D eigenvalue weighted by molar-refractivity contribution is 5.78. The van der Waals surface area contributed by atoms with E-state index in [1.807, 2.05) is 52.9 Å². The number of hydrogen-bond acceptors (Lipinski definition) is 6. The second-order valence-corrected chi connectivity index (χ2v) is 8.50. The number of piperazine rings is 1. The number of pyridine rings is 1. The smallest absolute Gasteiger partial charge is 0.261 e. The summed E-state index contributed by atoms with van der Waals surface area (Å²) in [6.45, 7) is 7.13. The van der Waals surface area contributed by atoms with Gasteiger partial charge in [-0.2, -0.15) is 5.10 Å². The van der Waals surface area contributed by atoms with E-state index in [0.29, 0.717) is 30.5 Å². The standard InChI is InChI=1S/C25H27N7O2/c1-18-24(19(2)32(28-18)22-9-5-6-11-26-22)30-15-13-29(14-16-30)23(33)10-12-31-17-27-21-8-4-3-7-20(21)25(31)34/h3-9,11,17H,10,12-16H2,1-2H3. The molecule has 3 aromatic heterocycles. The highest BCUT2D eigenvalue weighted by Crippen LogP contribution is 2.27. The molecule has 0 unspecified atom stereocenters. The van der Waals surface area contributed by atoms with Crippen LogP contribution in [0.4, 0.5) is 5.69 Å². The molecule has 1 aliphatic heterocycles. The van der Waals surface area contributed by atoms with E-state index in [0.717, 1.165) is 36.0 Å². The van der Waals surface area contributed by atoms with Crippen LogP contribution in [0.25, 0.3) is 16.7 Å². The van der Waals surface area contributed by atoms with Crippen molar-refractivity contribution in [2.24, 2.45) is 0 Å². The van der Waals surface area contributed by atoms with Crippen LogP contribution in [0.5, 0.6) is 0 Å². The van der Waals surface area contributed by atoms with Crippen molar-refractivity contribution < 1.29 is 4.79 Å². The number of aromatic nitrogens is 5. The van der Waals surface area contributed by atoms with E-state index in [1.165, 1.54) is 10.9 Å². The minimum absolute atomic E-state index is 0.0531. The van der Waals surface area contributed by atoms with Crippen molar-refractivity contribution in [1.29, 1.82) is 0 Å². The second-order valence-electron chi connectivity index (χ2n) is 8.50. The highest BCUT2D eigenvalue weighted by Gasteiger charge is 2.25. The molecule has 0 spiro atoms. The maximum atomic E-state index is 12.9. The lowest BCUT2D eigenvalue weighted by Gasteiger charge is -2.36. The molecule has 5 rings (SSSR count). The van der Waals surface area contributed by atoms with Crippen LogP contribution in [0.2, 0.25) is 0 Å². The van der Waals surface area contributed by atoms with Crippen LogP contribution in [-0.4, -0.2) is 61.3 Å². The number of nitrogens with zero attached hydrogens (tertiary/aromatic N) is 7. The second kappa shape index (κ2) is 9.09. The van der Waals surface area contributed by atoms with E-state index >= 15 is 0 Å². The van der Waals surface area contributed by atoms with Crippen molar-refractivity contribution in [2.45, 2.75) is 26.8 Å². The fourth-order valence-electron chi connectivity index (χ4n) is 4.61. The van der Waals surface area contributed by atoms with Gasteiger partial charge in [-0.05, 0) is 38.1 Å². The molecule has 0 bridgehead atoms. The summed E-state index contributed by atoms with van der Waals surface area (Å²) in [5.41, 5.74) is 3.65. The number of hydrogen-bond donors (Lipinski definition) is 0. The molecule has 9 heteroatoms. The van der Waals surface area contributed by atoms with Gasteiger partial charge in [0.05, 0.1) is 34.3 Å². The van der Waals surface area contributed by atoms with Crippen molar-refractivity contribution in [2.75, 3.05) is 31.1 Å². The largest absolute Gasteiger partial charge is 0.365 e. The Morgan fingerprint density at radius 1 is 0.971 bits per heavy atom. The number of anilines is 1. The zero-order valence-electron chi connectivity index (χ0n) is 19.4. The molecule has 9 nitrogen and oxygen atoms in total. The quantitative estimate of drug-likeness (QED) is 0.457. The lowest BCUT2D eigenvalue weighted by atomic mass is 10.2. The first-order valence-corrected chi connectivity index (χ1v) is 11.5. The molecule has 4 heterocycles. The van der Waals surface area contributed by atoms with Gasteiger partial charge >= 0.3 is 0 Å². The van der Waals surface area contributed by atoms with E-state index in [9.17, 15) is 9.59 Å². The summed E-state index contributed by atoms with van der Waals surface area (Å²) in [6, 6.07) is 13.0. The maximum absolute atomic E-state index is 12.9.